The molecule has 0 amide bonds. The fourth-order valence-corrected chi connectivity index (χ4v) is 2.90. The summed E-state index contributed by atoms with van der Waals surface area (Å²) in [5, 5.41) is 3.75. The zero-order valence-electron chi connectivity index (χ0n) is 10.3. The molecule has 2 atom stereocenters. The number of nitrogens with one attached hydrogen (secondary N) is 1. The van der Waals surface area contributed by atoms with Crippen LogP contribution in [0.4, 0.5) is 0 Å². The van der Waals surface area contributed by atoms with Crippen LogP contribution in [-0.4, -0.2) is 37.6 Å². The van der Waals surface area contributed by atoms with Crippen molar-refractivity contribution in [2.75, 3.05) is 26.7 Å². The molecule has 2 aliphatic rings. The first-order valence-electron chi connectivity index (χ1n) is 6.67. The summed E-state index contributed by atoms with van der Waals surface area (Å²) in [7, 11) is 2.25. The minimum absolute atomic E-state index is 0.756. The van der Waals surface area contributed by atoms with Gasteiger partial charge < -0.3 is 10.2 Å². The van der Waals surface area contributed by atoms with Crippen LogP contribution < -0.4 is 5.32 Å². The van der Waals surface area contributed by atoms with E-state index in [4.69, 9.17) is 0 Å². The van der Waals surface area contributed by atoms with Gasteiger partial charge in [0.2, 0.25) is 0 Å². The molecule has 1 N–H and O–H groups in total. The predicted molar refractivity (Wildman–Crippen MR) is 65.0 cm³/mol. The summed E-state index contributed by atoms with van der Waals surface area (Å²) < 4.78 is 0. The average Bonchev–Trinajstić information content (AvgIpc) is 2.12. The Morgan fingerprint density at radius 3 is 2.67 bits per heavy atom. The normalized spacial score (nSPS) is 31.2. The molecule has 15 heavy (non-hydrogen) atoms. The van der Waals surface area contributed by atoms with Crippen molar-refractivity contribution in [2.45, 2.75) is 45.1 Å². The molecule has 0 aromatic rings. The summed E-state index contributed by atoms with van der Waals surface area (Å²) in [4.78, 5) is 2.48. The third kappa shape index (κ3) is 3.18. The number of rotatable bonds is 4. The van der Waals surface area contributed by atoms with E-state index >= 15 is 0 Å². The summed E-state index contributed by atoms with van der Waals surface area (Å²) in [6.07, 6.45) is 7.19. The van der Waals surface area contributed by atoms with Crippen LogP contribution in [-0.2, 0) is 0 Å². The van der Waals surface area contributed by atoms with Gasteiger partial charge in [0.15, 0.2) is 0 Å². The number of likely N-dealkylation sites (tertiary alicyclic amines) is 1. The molecule has 1 saturated carbocycles. The highest BCUT2D eigenvalue weighted by molar-refractivity contribution is 4.81. The first-order valence-corrected chi connectivity index (χ1v) is 6.67. The molecule has 0 aromatic carbocycles. The van der Waals surface area contributed by atoms with Gasteiger partial charge in [-0.25, -0.2) is 0 Å². The Hall–Kier alpha value is -0.0800. The molecule has 0 aromatic heterocycles. The molecule has 2 unspecified atom stereocenters. The highest BCUT2D eigenvalue weighted by Crippen LogP contribution is 2.29. The number of nitrogens with zero attached hydrogens (tertiary/aromatic N) is 1. The molecule has 2 rings (SSSR count). The van der Waals surface area contributed by atoms with Crippen LogP contribution in [0.15, 0.2) is 0 Å². The van der Waals surface area contributed by atoms with E-state index in [1.54, 1.807) is 0 Å². The Bertz CT molecular complexity index is 189. The van der Waals surface area contributed by atoms with Gasteiger partial charge in [0.1, 0.15) is 0 Å². The molecule has 0 radical (unpaired) electrons. The van der Waals surface area contributed by atoms with Gasteiger partial charge in [-0.15, -0.1) is 0 Å². The van der Waals surface area contributed by atoms with Crippen LogP contribution in [0.5, 0.6) is 0 Å². The quantitative estimate of drug-likeness (QED) is 0.764. The predicted octanol–water partition coefficient (Wildman–Crippen LogP) is 2.11. The van der Waals surface area contributed by atoms with E-state index in [9.17, 15) is 0 Å². The molecular formula is C13H26N2. The van der Waals surface area contributed by atoms with Crippen molar-refractivity contribution in [3.8, 4) is 0 Å². The Balaban J connectivity index is 1.63. The molecule has 0 spiro atoms. The van der Waals surface area contributed by atoms with E-state index < -0.39 is 0 Å². The Morgan fingerprint density at radius 2 is 2.07 bits per heavy atom. The number of hydrogen-bond donors (Lipinski definition) is 1. The van der Waals surface area contributed by atoms with Crippen LogP contribution >= 0.6 is 0 Å². The second-order valence-electron chi connectivity index (χ2n) is 5.66. The lowest BCUT2D eigenvalue weighted by molar-refractivity contribution is 0.185. The van der Waals surface area contributed by atoms with Gasteiger partial charge in [-0.1, -0.05) is 6.42 Å². The summed E-state index contributed by atoms with van der Waals surface area (Å²) in [6.45, 7) is 6.21. The van der Waals surface area contributed by atoms with Crippen molar-refractivity contribution in [3.63, 3.8) is 0 Å². The van der Waals surface area contributed by atoms with E-state index in [0.29, 0.717) is 0 Å². The summed E-state index contributed by atoms with van der Waals surface area (Å²) in [6, 6.07) is 0.756. The topological polar surface area (TPSA) is 15.3 Å². The molecule has 1 heterocycles. The average molecular weight is 210 g/mol. The van der Waals surface area contributed by atoms with E-state index in [-0.39, 0.29) is 0 Å². The maximum atomic E-state index is 3.75. The number of hydrogen-bond acceptors (Lipinski definition) is 2. The first kappa shape index (κ1) is 11.4. The minimum Gasteiger partial charge on any atom is -0.314 e. The Labute approximate surface area is 94.4 Å². The van der Waals surface area contributed by atoms with Crippen LogP contribution in [0.3, 0.4) is 0 Å². The highest BCUT2D eigenvalue weighted by Gasteiger charge is 2.24. The van der Waals surface area contributed by atoms with Gasteiger partial charge >= 0.3 is 0 Å². The zero-order valence-corrected chi connectivity index (χ0v) is 10.3. The first-order chi connectivity index (χ1) is 7.25. The molecule has 2 heteroatoms. The van der Waals surface area contributed by atoms with Crippen LogP contribution in [0.25, 0.3) is 0 Å². The van der Waals surface area contributed by atoms with Crippen LogP contribution in [0.1, 0.15) is 39.0 Å². The molecule has 1 saturated heterocycles. The standard InChI is InChI=1S/C13H26N2/c1-11(13-6-3-7-13)14-9-12-5-4-8-15(2)10-12/h11-14H,3-10H2,1-2H3. The van der Waals surface area contributed by atoms with Crippen molar-refractivity contribution >= 4 is 0 Å². The van der Waals surface area contributed by atoms with Crippen molar-refractivity contribution < 1.29 is 0 Å². The van der Waals surface area contributed by atoms with Gasteiger partial charge in [0.25, 0.3) is 0 Å². The fraction of sp³-hybridized carbons (Fsp3) is 1.00. The van der Waals surface area contributed by atoms with Crippen molar-refractivity contribution in [1.29, 1.82) is 0 Å². The lowest BCUT2D eigenvalue weighted by Gasteiger charge is -2.35. The number of piperidine rings is 1. The second-order valence-corrected chi connectivity index (χ2v) is 5.66. The van der Waals surface area contributed by atoms with Crippen molar-refractivity contribution in [2.24, 2.45) is 11.8 Å². The molecular weight excluding hydrogens is 184 g/mol. The van der Waals surface area contributed by atoms with Gasteiger partial charge in [-0.3, -0.25) is 0 Å². The SMILES string of the molecule is CC(NCC1CCCN(C)C1)C1CCC1. The summed E-state index contributed by atoms with van der Waals surface area (Å²) in [5.74, 6) is 1.87. The third-order valence-corrected chi connectivity index (χ3v) is 4.31. The second kappa shape index (κ2) is 5.31. The third-order valence-electron chi connectivity index (χ3n) is 4.31. The van der Waals surface area contributed by atoms with Crippen molar-refractivity contribution in [1.82, 2.24) is 10.2 Å². The Morgan fingerprint density at radius 1 is 1.27 bits per heavy atom. The smallest absolute Gasteiger partial charge is 0.00671 e. The Kier molecular flexibility index (Phi) is 4.04. The zero-order chi connectivity index (χ0) is 10.7. The molecule has 2 fully saturated rings. The minimum atomic E-state index is 0.756. The lowest BCUT2D eigenvalue weighted by atomic mass is 9.80. The largest absolute Gasteiger partial charge is 0.314 e. The van der Waals surface area contributed by atoms with Gasteiger partial charge in [-0.2, -0.15) is 0 Å². The molecule has 0 bridgehead atoms. The molecule has 2 nitrogen and oxygen atoms in total. The lowest BCUT2D eigenvalue weighted by Crippen LogP contribution is -2.43. The molecule has 1 aliphatic carbocycles. The van der Waals surface area contributed by atoms with Crippen LogP contribution in [0.2, 0.25) is 0 Å². The molecule has 1 aliphatic heterocycles. The maximum absolute atomic E-state index is 3.75. The summed E-state index contributed by atoms with van der Waals surface area (Å²) >= 11 is 0. The van der Waals surface area contributed by atoms with Gasteiger partial charge in [0.05, 0.1) is 0 Å². The van der Waals surface area contributed by atoms with E-state index in [0.717, 1.165) is 17.9 Å². The maximum Gasteiger partial charge on any atom is 0.00671 e. The van der Waals surface area contributed by atoms with Crippen molar-refractivity contribution in [3.05, 3.63) is 0 Å². The van der Waals surface area contributed by atoms with E-state index in [1.165, 1.54) is 51.7 Å². The van der Waals surface area contributed by atoms with E-state index in [1.807, 2.05) is 0 Å². The van der Waals surface area contributed by atoms with Gasteiger partial charge in [-0.05, 0) is 64.6 Å². The summed E-state index contributed by atoms with van der Waals surface area (Å²) in [5.41, 5.74) is 0. The highest BCUT2D eigenvalue weighted by atomic mass is 15.1. The fourth-order valence-electron chi connectivity index (χ4n) is 2.90. The van der Waals surface area contributed by atoms with E-state index in [2.05, 4.69) is 24.2 Å². The molecule has 88 valence electrons. The van der Waals surface area contributed by atoms with Crippen LogP contribution in [0, 0.1) is 11.8 Å². The van der Waals surface area contributed by atoms with Gasteiger partial charge in [0, 0.05) is 12.6 Å². The monoisotopic (exact) mass is 210 g/mol.